The fourth-order valence-corrected chi connectivity index (χ4v) is 10.2. The molecule has 1 aromatic rings. The first-order valence-corrected chi connectivity index (χ1v) is 16.1. The third-order valence-electron chi connectivity index (χ3n) is 12.8. The molecule has 8 heteroatoms. The number of ether oxygens (including phenoxy) is 3. The number of piperidine rings is 1. The summed E-state index contributed by atoms with van der Waals surface area (Å²) in [6.45, 7) is 10.5. The highest BCUT2D eigenvalue weighted by Crippen LogP contribution is 2.78. The molecule has 1 aromatic carbocycles. The Morgan fingerprint density at radius 1 is 1.12 bits per heavy atom. The van der Waals surface area contributed by atoms with Gasteiger partial charge in [-0.3, -0.25) is 14.5 Å². The molecule has 2 N–H and O–H groups in total. The van der Waals surface area contributed by atoms with Gasteiger partial charge in [0, 0.05) is 54.8 Å². The normalized spacial score (nSPS) is 37.5. The molecule has 0 radical (unpaired) electrons. The van der Waals surface area contributed by atoms with Crippen LogP contribution in [0.25, 0.3) is 0 Å². The first-order valence-electron chi connectivity index (χ1n) is 16.1. The van der Waals surface area contributed by atoms with Gasteiger partial charge in [0.25, 0.3) is 0 Å². The average molecular weight is 582 g/mol. The summed E-state index contributed by atoms with van der Waals surface area (Å²) in [5.41, 5.74) is 0.102. The van der Waals surface area contributed by atoms with Crippen molar-refractivity contribution in [3.05, 3.63) is 23.3 Å². The fourth-order valence-electron chi connectivity index (χ4n) is 10.2. The molecule has 2 heterocycles. The molecular formula is C34H47NO7. The number of nitrogens with zero attached hydrogens (tertiary/aromatic N) is 1. The van der Waals surface area contributed by atoms with Crippen molar-refractivity contribution in [1.82, 2.24) is 4.90 Å². The van der Waals surface area contributed by atoms with Crippen LogP contribution in [-0.4, -0.2) is 70.6 Å². The van der Waals surface area contributed by atoms with E-state index in [0.717, 1.165) is 51.1 Å². The Balaban J connectivity index is 1.36. The molecular weight excluding hydrogens is 534 g/mol. The van der Waals surface area contributed by atoms with E-state index in [4.69, 9.17) is 19.3 Å². The highest BCUT2D eigenvalue weighted by atomic mass is 16.6. The van der Waals surface area contributed by atoms with E-state index in [2.05, 4.69) is 31.7 Å². The number of fused-ring (bicyclic) bond motifs is 2. The van der Waals surface area contributed by atoms with Crippen molar-refractivity contribution in [3.8, 4) is 11.5 Å². The van der Waals surface area contributed by atoms with E-state index in [1.54, 1.807) is 7.11 Å². The lowest BCUT2D eigenvalue weighted by atomic mass is 9.33. The van der Waals surface area contributed by atoms with Crippen LogP contribution in [0.15, 0.2) is 12.1 Å². The number of carbonyl (C=O) groups excluding carboxylic acids is 1. The average Bonchev–Trinajstić information content (AvgIpc) is 3.67. The Bertz CT molecular complexity index is 1310. The summed E-state index contributed by atoms with van der Waals surface area (Å²) in [7, 11) is 1.79. The first kappa shape index (κ1) is 28.6. The Morgan fingerprint density at radius 2 is 1.88 bits per heavy atom. The Labute approximate surface area is 249 Å². The van der Waals surface area contributed by atoms with Gasteiger partial charge in [-0.1, -0.05) is 26.8 Å². The maximum atomic E-state index is 12.9. The molecule has 8 nitrogen and oxygen atoms in total. The van der Waals surface area contributed by atoms with E-state index < -0.39 is 23.1 Å². The van der Waals surface area contributed by atoms with Crippen molar-refractivity contribution in [2.24, 2.45) is 22.7 Å². The molecule has 1 saturated heterocycles. The van der Waals surface area contributed by atoms with Crippen LogP contribution >= 0.6 is 0 Å². The predicted octanol–water partition coefficient (Wildman–Crippen LogP) is 4.87. The van der Waals surface area contributed by atoms with Crippen LogP contribution in [0.2, 0.25) is 0 Å². The number of benzene rings is 1. The second kappa shape index (κ2) is 9.18. The topological polar surface area (TPSA) is 106 Å². The number of aliphatic carboxylic acids is 1. The monoisotopic (exact) mass is 581 g/mol. The standard InChI is InChI=1S/C34H47NO7/c1-30(2,3)31(4,39)23-18-32-13-14-34(23,40-5)29-33(32)15-16-35(19-20-9-10-20)24(32)17-21-11-12-22(28(42-29)27(21)33)41-26(38)8-6-7-25(36)37/h11-12,20,23-24,29,39H,6-10,13-19H2,1-5H3,(H,36,37)/t23-,24-,29-,31+,32?,33+,34-/m1/s1. The molecule has 2 spiro atoms. The number of hydrogen-bond donors (Lipinski definition) is 2. The molecule has 5 fully saturated rings. The van der Waals surface area contributed by atoms with E-state index in [0.29, 0.717) is 17.5 Å². The van der Waals surface area contributed by atoms with Crippen molar-refractivity contribution in [1.29, 1.82) is 0 Å². The van der Waals surface area contributed by atoms with Crippen LogP contribution in [0.4, 0.5) is 0 Å². The zero-order valence-electron chi connectivity index (χ0n) is 25.8. The van der Waals surface area contributed by atoms with Gasteiger partial charge >= 0.3 is 11.9 Å². The SMILES string of the molecule is CO[C@]12CCC3(C[C@@H]1[C@](C)(O)C(C)(C)C)[C@H]1Cc4ccc(OC(=O)CCCC(=O)O)c5c4[C@@]3(CCN1CC1CC1)[C@H]2O5. The third kappa shape index (κ3) is 3.64. The van der Waals surface area contributed by atoms with Gasteiger partial charge in [-0.25, -0.2) is 0 Å². The number of methoxy groups -OCH3 is 1. The molecule has 4 saturated carbocycles. The molecule has 0 amide bonds. The summed E-state index contributed by atoms with van der Waals surface area (Å²) < 4.78 is 19.7. The maximum absolute atomic E-state index is 12.9. The Kier molecular flexibility index (Phi) is 6.25. The molecule has 2 aliphatic heterocycles. The molecule has 7 aliphatic rings. The molecule has 0 aromatic heterocycles. The van der Waals surface area contributed by atoms with E-state index in [9.17, 15) is 14.7 Å². The van der Waals surface area contributed by atoms with E-state index in [-0.39, 0.29) is 47.5 Å². The summed E-state index contributed by atoms with van der Waals surface area (Å²) >= 11 is 0. The van der Waals surface area contributed by atoms with Gasteiger partial charge in [-0.15, -0.1) is 0 Å². The lowest BCUT2D eigenvalue weighted by Gasteiger charge is -2.75. The number of carboxylic acid groups (broad SMARTS) is 1. The smallest absolute Gasteiger partial charge is 0.311 e. The van der Waals surface area contributed by atoms with Crippen molar-refractivity contribution in [3.63, 3.8) is 0 Å². The van der Waals surface area contributed by atoms with Crippen LogP contribution < -0.4 is 9.47 Å². The molecule has 42 heavy (non-hydrogen) atoms. The quantitative estimate of drug-likeness (QED) is 0.315. The van der Waals surface area contributed by atoms with Crippen LogP contribution in [0, 0.1) is 22.7 Å². The summed E-state index contributed by atoms with van der Waals surface area (Å²) in [5, 5.41) is 21.4. The molecule has 5 aliphatic carbocycles. The minimum absolute atomic E-state index is 0.0397. The van der Waals surface area contributed by atoms with Crippen LogP contribution in [0.5, 0.6) is 11.5 Å². The first-order chi connectivity index (χ1) is 19.8. The molecule has 230 valence electrons. The van der Waals surface area contributed by atoms with Gasteiger partial charge in [0.15, 0.2) is 11.5 Å². The van der Waals surface area contributed by atoms with E-state index in [1.807, 2.05) is 13.0 Å². The summed E-state index contributed by atoms with van der Waals surface area (Å²) in [6.07, 6.45) is 7.20. The maximum Gasteiger partial charge on any atom is 0.311 e. The number of carboxylic acids is 1. The molecule has 4 bridgehead atoms. The second-order valence-electron chi connectivity index (χ2n) is 15.5. The lowest BCUT2D eigenvalue weighted by molar-refractivity contribution is -0.312. The Hall–Kier alpha value is -2.16. The lowest BCUT2D eigenvalue weighted by Crippen LogP contribution is -2.83. The van der Waals surface area contributed by atoms with Gasteiger partial charge in [0.1, 0.15) is 11.7 Å². The van der Waals surface area contributed by atoms with Gasteiger partial charge < -0.3 is 24.4 Å². The minimum atomic E-state index is -0.995. The number of esters is 1. The number of aliphatic hydroxyl groups is 1. The highest BCUT2D eigenvalue weighted by molar-refractivity contribution is 5.76. The van der Waals surface area contributed by atoms with E-state index >= 15 is 0 Å². The number of rotatable bonds is 9. The number of likely N-dealkylation sites (tertiary alicyclic amines) is 1. The Morgan fingerprint density at radius 3 is 2.55 bits per heavy atom. The summed E-state index contributed by atoms with van der Waals surface area (Å²) in [5.74, 6) is 0.408. The summed E-state index contributed by atoms with van der Waals surface area (Å²) in [6, 6.07) is 4.38. The van der Waals surface area contributed by atoms with Crippen LogP contribution in [0.3, 0.4) is 0 Å². The molecule has 7 atom stereocenters. The second-order valence-corrected chi connectivity index (χ2v) is 15.5. The minimum Gasteiger partial charge on any atom is -0.482 e. The third-order valence-corrected chi connectivity index (χ3v) is 12.8. The number of hydrogen-bond acceptors (Lipinski definition) is 7. The van der Waals surface area contributed by atoms with Crippen LogP contribution in [0.1, 0.15) is 96.6 Å². The van der Waals surface area contributed by atoms with Gasteiger partial charge in [-0.05, 0) is 87.8 Å². The molecule has 8 rings (SSSR count). The van der Waals surface area contributed by atoms with Gasteiger partial charge in [0.05, 0.1) is 5.60 Å². The zero-order chi connectivity index (χ0) is 29.9. The van der Waals surface area contributed by atoms with Crippen molar-refractivity contribution in [2.45, 2.75) is 121 Å². The highest BCUT2D eigenvalue weighted by Gasteiger charge is 2.82. The fraction of sp³-hybridized carbons (Fsp3) is 0.765. The number of carbonyl (C=O) groups is 2. The molecule has 1 unspecified atom stereocenters. The summed E-state index contributed by atoms with van der Waals surface area (Å²) in [4.78, 5) is 26.6. The predicted molar refractivity (Wildman–Crippen MR) is 156 cm³/mol. The van der Waals surface area contributed by atoms with Crippen molar-refractivity contribution in [2.75, 3.05) is 20.2 Å². The van der Waals surface area contributed by atoms with Gasteiger partial charge in [-0.2, -0.15) is 0 Å². The van der Waals surface area contributed by atoms with Crippen LogP contribution in [-0.2, 0) is 26.2 Å². The van der Waals surface area contributed by atoms with Crippen molar-refractivity contribution < 1.29 is 34.0 Å². The van der Waals surface area contributed by atoms with E-state index in [1.165, 1.54) is 24.0 Å². The van der Waals surface area contributed by atoms with Gasteiger partial charge in [0.2, 0.25) is 0 Å². The van der Waals surface area contributed by atoms with Crippen molar-refractivity contribution >= 4 is 11.9 Å². The zero-order valence-corrected chi connectivity index (χ0v) is 25.8. The largest absolute Gasteiger partial charge is 0.482 e.